The number of ether oxygens (including phenoxy) is 2. The first-order valence-electron chi connectivity index (χ1n) is 12.0. The fraction of sp³-hybridized carbons (Fsp3) is 0.296. The van der Waals surface area contributed by atoms with Crippen molar-refractivity contribution in [1.29, 1.82) is 0 Å². The molecule has 0 bridgehead atoms. The van der Waals surface area contributed by atoms with Crippen molar-refractivity contribution in [3.63, 3.8) is 0 Å². The molecular formula is C27H30ClN3O5S. The second kappa shape index (κ2) is 11.7. The minimum atomic E-state index is -4.03. The van der Waals surface area contributed by atoms with Crippen LogP contribution in [0.5, 0.6) is 11.5 Å². The van der Waals surface area contributed by atoms with Crippen molar-refractivity contribution in [1.82, 2.24) is 4.90 Å². The van der Waals surface area contributed by atoms with Crippen LogP contribution in [-0.2, 0) is 14.8 Å². The van der Waals surface area contributed by atoms with E-state index in [0.29, 0.717) is 49.2 Å². The first-order valence-corrected chi connectivity index (χ1v) is 13.8. The molecule has 0 saturated carbocycles. The standard InChI is InChI=1S/C27H30ClN3O5S/c1-3-36-23-12-10-22(11-13-23)31(37(33,34)24-14-8-21(28)9-15-24)20-27(32)30-18-16-29(17-19-30)25-6-4-5-7-26(25)35-2/h4-15H,3,16-20H2,1-2H3. The Morgan fingerprint density at radius 1 is 0.946 bits per heavy atom. The molecule has 37 heavy (non-hydrogen) atoms. The Hall–Kier alpha value is -3.43. The summed E-state index contributed by atoms with van der Waals surface area (Å²) in [6.45, 7) is 4.19. The Morgan fingerprint density at radius 3 is 2.22 bits per heavy atom. The summed E-state index contributed by atoms with van der Waals surface area (Å²) in [6.07, 6.45) is 0. The lowest BCUT2D eigenvalue weighted by Gasteiger charge is -2.37. The maximum atomic E-state index is 13.6. The molecule has 0 atom stereocenters. The fourth-order valence-corrected chi connectivity index (χ4v) is 5.77. The van der Waals surface area contributed by atoms with E-state index < -0.39 is 10.0 Å². The van der Waals surface area contributed by atoms with Crippen LogP contribution >= 0.6 is 11.6 Å². The van der Waals surface area contributed by atoms with E-state index in [4.69, 9.17) is 21.1 Å². The highest BCUT2D eigenvalue weighted by Crippen LogP contribution is 2.29. The molecule has 1 aliphatic rings. The number of anilines is 2. The van der Waals surface area contributed by atoms with E-state index in [0.717, 1.165) is 15.7 Å². The average molecular weight is 544 g/mol. The van der Waals surface area contributed by atoms with Gasteiger partial charge in [0.05, 0.1) is 30.0 Å². The number of sulfonamides is 1. The molecule has 1 aliphatic heterocycles. The molecule has 8 nitrogen and oxygen atoms in total. The van der Waals surface area contributed by atoms with Crippen molar-refractivity contribution in [2.24, 2.45) is 0 Å². The molecule has 1 amide bonds. The molecule has 0 aliphatic carbocycles. The summed E-state index contributed by atoms with van der Waals surface area (Å²) in [5.74, 6) is 1.12. The molecule has 196 valence electrons. The van der Waals surface area contributed by atoms with Crippen LogP contribution in [0.15, 0.2) is 77.7 Å². The summed E-state index contributed by atoms with van der Waals surface area (Å²) in [4.78, 5) is 17.3. The number of amides is 1. The molecule has 1 heterocycles. The van der Waals surface area contributed by atoms with Crippen LogP contribution in [-0.4, -0.2) is 65.7 Å². The van der Waals surface area contributed by atoms with Crippen LogP contribution < -0.4 is 18.7 Å². The monoisotopic (exact) mass is 543 g/mol. The van der Waals surface area contributed by atoms with Gasteiger partial charge in [0.25, 0.3) is 10.0 Å². The van der Waals surface area contributed by atoms with E-state index in [1.54, 1.807) is 36.3 Å². The van der Waals surface area contributed by atoms with Crippen LogP contribution in [0, 0.1) is 0 Å². The van der Waals surface area contributed by atoms with Gasteiger partial charge in [-0.3, -0.25) is 9.10 Å². The number of carbonyl (C=O) groups is 1. The number of halogens is 1. The molecule has 0 unspecified atom stereocenters. The number of rotatable bonds is 9. The van der Waals surface area contributed by atoms with Crippen LogP contribution in [0.2, 0.25) is 5.02 Å². The second-order valence-corrected chi connectivity index (χ2v) is 10.7. The van der Waals surface area contributed by atoms with Crippen LogP contribution in [0.1, 0.15) is 6.92 Å². The molecule has 1 fully saturated rings. The summed E-state index contributed by atoms with van der Waals surface area (Å²) in [5.41, 5.74) is 1.35. The Labute approximate surface area is 223 Å². The van der Waals surface area contributed by atoms with Crippen molar-refractivity contribution < 1.29 is 22.7 Å². The van der Waals surface area contributed by atoms with Crippen molar-refractivity contribution >= 4 is 38.9 Å². The highest BCUT2D eigenvalue weighted by atomic mass is 35.5. The Morgan fingerprint density at radius 2 is 1.59 bits per heavy atom. The largest absolute Gasteiger partial charge is 0.495 e. The molecule has 0 spiro atoms. The molecule has 1 saturated heterocycles. The summed E-state index contributed by atoms with van der Waals surface area (Å²) >= 11 is 5.97. The highest BCUT2D eigenvalue weighted by molar-refractivity contribution is 7.92. The first kappa shape index (κ1) is 26.6. The third kappa shape index (κ3) is 6.11. The van der Waals surface area contributed by atoms with Gasteiger partial charge in [-0.05, 0) is 67.6 Å². The van der Waals surface area contributed by atoms with Crippen molar-refractivity contribution in [2.45, 2.75) is 11.8 Å². The molecule has 3 aromatic carbocycles. The van der Waals surface area contributed by atoms with Gasteiger partial charge in [0.2, 0.25) is 5.91 Å². The van der Waals surface area contributed by atoms with Crippen molar-refractivity contribution in [2.75, 3.05) is 55.6 Å². The predicted octanol–water partition coefficient (Wildman–Crippen LogP) is 4.29. The zero-order chi connectivity index (χ0) is 26.4. The number of methoxy groups -OCH3 is 1. The second-order valence-electron chi connectivity index (χ2n) is 8.43. The Balaban J connectivity index is 1.54. The van der Waals surface area contributed by atoms with Gasteiger partial charge in [0.15, 0.2) is 0 Å². The fourth-order valence-electron chi connectivity index (χ4n) is 4.23. The van der Waals surface area contributed by atoms with E-state index in [9.17, 15) is 13.2 Å². The maximum Gasteiger partial charge on any atom is 0.264 e. The van der Waals surface area contributed by atoms with Gasteiger partial charge in [-0.1, -0.05) is 23.7 Å². The molecule has 3 aromatic rings. The van der Waals surface area contributed by atoms with Gasteiger partial charge in [-0.2, -0.15) is 0 Å². The smallest absolute Gasteiger partial charge is 0.264 e. The van der Waals surface area contributed by atoms with Crippen molar-refractivity contribution in [3.05, 3.63) is 77.8 Å². The Bertz CT molecular complexity index is 1310. The van der Waals surface area contributed by atoms with Crippen LogP contribution in [0.4, 0.5) is 11.4 Å². The zero-order valence-corrected chi connectivity index (χ0v) is 22.4. The van der Waals surface area contributed by atoms with E-state index in [1.165, 1.54) is 24.3 Å². The van der Waals surface area contributed by atoms with Gasteiger partial charge >= 0.3 is 0 Å². The van der Waals surface area contributed by atoms with E-state index in [1.807, 2.05) is 31.2 Å². The number of carbonyl (C=O) groups excluding carboxylic acids is 1. The molecule has 0 radical (unpaired) electrons. The number of piperazine rings is 1. The number of hydrogen-bond donors (Lipinski definition) is 0. The predicted molar refractivity (Wildman–Crippen MR) is 145 cm³/mol. The summed E-state index contributed by atoms with van der Waals surface area (Å²) in [6, 6.07) is 20.4. The summed E-state index contributed by atoms with van der Waals surface area (Å²) < 4.78 is 39.4. The van der Waals surface area contributed by atoms with E-state index in [2.05, 4.69) is 4.90 Å². The summed E-state index contributed by atoms with van der Waals surface area (Å²) in [7, 11) is -2.40. The normalized spacial score (nSPS) is 13.8. The van der Waals surface area contributed by atoms with Gasteiger partial charge in [0, 0.05) is 31.2 Å². The quantitative estimate of drug-likeness (QED) is 0.400. The minimum absolute atomic E-state index is 0.0552. The summed E-state index contributed by atoms with van der Waals surface area (Å²) in [5, 5.41) is 0.426. The molecule has 4 rings (SSSR count). The van der Waals surface area contributed by atoms with E-state index in [-0.39, 0.29) is 17.3 Å². The zero-order valence-electron chi connectivity index (χ0n) is 20.8. The molecule has 10 heteroatoms. The first-order chi connectivity index (χ1) is 17.8. The lowest BCUT2D eigenvalue weighted by Crippen LogP contribution is -2.52. The lowest BCUT2D eigenvalue weighted by molar-refractivity contribution is -0.129. The average Bonchev–Trinajstić information content (AvgIpc) is 2.92. The van der Waals surface area contributed by atoms with Gasteiger partial charge in [-0.15, -0.1) is 0 Å². The van der Waals surface area contributed by atoms with Gasteiger partial charge in [-0.25, -0.2) is 8.42 Å². The van der Waals surface area contributed by atoms with Crippen LogP contribution in [0.3, 0.4) is 0 Å². The lowest BCUT2D eigenvalue weighted by atomic mass is 10.2. The molecule has 0 N–H and O–H groups in total. The molecular weight excluding hydrogens is 514 g/mol. The topological polar surface area (TPSA) is 79.4 Å². The third-order valence-electron chi connectivity index (χ3n) is 6.17. The Kier molecular flexibility index (Phi) is 8.45. The molecule has 0 aromatic heterocycles. The van der Waals surface area contributed by atoms with Crippen molar-refractivity contribution in [3.8, 4) is 11.5 Å². The third-order valence-corrected chi connectivity index (χ3v) is 8.21. The maximum absolute atomic E-state index is 13.6. The van der Waals surface area contributed by atoms with Gasteiger partial charge < -0.3 is 19.3 Å². The highest BCUT2D eigenvalue weighted by Gasteiger charge is 2.30. The number of benzene rings is 3. The number of hydrogen-bond acceptors (Lipinski definition) is 6. The number of para-hydroxylation sites is 2. The number of nitrogens with zero attached hydrogens (tertiary/aromatic N) is 3. The van der Waals surface area contributed by atoms with Crippen LogP contribution in [0.25, 0.3) is 0 Å². The minimum Gasteiger partial charge on any atom is -0.495 e. The van der Waals surface area contributed by atoms with E-state index >= 15 is 0 Å². The SMILES string of the molecule is CCOc1ccc(N(CC(=O)N2CCN(c3ccccc3OC)CC2)S(=O)(=O)c2ccc(Cl)cc2)cc1. The van der Waals surface area contributed by atoms with Gasteiger partial charge in [0.1, 0.15) is 18.0 Å².